The van der Waals surface area contributed by atoms with Crippen molar-refractivity contribution in [2.75, 3.05) is 18.9 Å². The molecule has 0 saturated heterocycles. The van der Waals surface area contributed by atoms with E-state index in [1.165, 1.54) is 17.7 Å². The molecule has 0 radical (unpaired) electrons. The molecule has 3 nitrogen and oxygen atoms in total. The van der Waals surface area contributed by atoms with E-state index in [1.54, 1.807) is 12.1 Å². The van der Waals surface area contributed by atoms with Crippen LogP contribution in [0.15, 0.2) is 36.4 Å². The number of carbonyl (C=O) groups excluding carboxylic acids is 1. The maximum Gasteiger partial charge on any atom is 0.238 e. The molecule has 122 valence electrons. The van der Waals surface area contributed by atoms with Crippen LogP contribution in [-0.4, -0.2) is 24.4 Å². The van der Waals surface area contributed by atoms with Gasteiger partial charge in [-0.25, -0.2) is 4.39 Å². The molecule has 0 saturated carbocycles. The van der Waals surface area contributed by atoms with Crippen LogP contribution in [0.5, 0.6) is 0 Å². The van der Waals surface area contributed by atoms with Crippen LogP contribution in [-0.2, 0) is 11.3 Å². The minimum atomic E-state index is -0.250. The molecule has 2 aromatic rings. The fraction of sp³-hybridized carbons (Fsp3) is 0.316. The van der Waals surface area contributed by atoms with Gasteiger partial charge in [-0.3, -0.25) is 9.69 Å². The van der Waals surface area contributed by atoms with E-state index in [-0.39, 0.29) is 18.3 Å². The first-order valence-corrected chi connectivity index (χ1v) is 7.66. The van der Waals surface area contributed by atoms with Gasteiger partial charge in [0.25, 0.3) is 0 Å². The van der Waals surface area contributed by atoms with Crippen molar-refractivity contribution in [3.8, 4) is 0 Å². The zero-order valence-electron chi connectivity index (χ0n) is 14.1. The number of aryl methyl sites for hydroxylation is 3. The zero-order valence-corrected chi connectivity index (χ0v) is 14.1. The molecule has 2 aromatic carbocycles. The van der Waals surface area contributed by atoms with Crippen molar-refractivity contribution >= 4 is 11.6 Å². The van der Waals surface area contributed by atoms with Crippen molar-refractivity contribution in [1.29, 1.82) is 0 Å². The Kier molecular flexibility index (Phi) is 5.50. The van der Waals surface area contributed by atoms with Gasteiger partial charge < -0.3 is 5.32 Å². The second-order valence-electron chi connectivity index (χ2n) is 6.12. The Balaban J connectivity index is 1.95. The van der Waals surface area contributed by atoms with Gasteiger partial charge in [-0.1, -0.05) is 29.8 Å². The van der Waals surface area contributed by atoms with Crippen molar-refractivity contribution in [3.05, 3.63) is 64.5 Å². The van der Waals surface area contributed by atoms with Gasteiger partial charge in [-0.05, 0) is 56.6 Å². The minimum absolute atomic E-state index is 0.0512. The highest BCUT2D eigenvalue weighted by Gasteiger charge is 2.11. The Morgan fingerprint density at radius 3 is 2.22 bits per heavy atom. The predicted molar refractivity (Wildman–Crippen MR) is 92.0 cm³/mol. The Hall–Kier alpha value is -2.20. The van der Waals surface area contributed by atoms with Crippen LogP contribution >= 0.6 is 0 Å². The summed E-state index contributed by atoms with van der Waals surface area (Å²) in [6.45, 7) is 6.92. The van der Waals surface area contributed by atoms with Crippen LogP contribution in [0, 0.1) is 26.6 Å². The van der Waals surface area contributed by atoms with E-state index >= 15 is 0 Å². The lowest BCUT2D eigenvalue weighted by molar-refractivity contribution is -0.117. The Bertz CT molecular complexity index is 672. The summed E-state index contributed by atoms with van der Waals surface area (Å²) < 4.78 is 12.9. The van der Waals surface area contributed by atoms with Gasteiger partial charge in [0.05, 0.1) is 6.54 Å². The van der Waals surface area contributed by atoms with E-state index < -0.39 is 0 Å². The molecule has 0 fully saturated rings. The number of carbonyl (C=O) groups is 1. The summed E-state index contributed by atoms with van der Waals surface area (Å²) in [5.41, 5.74) is 5.18. The summed E-state index contributed by atoms with van der Waals surface area (Å²) >= 11 is 0. The highest BCUT2D eigenvalue weighted by Crippen LogP contribution is 2.21. The third-order valence-corrected chi connectivity index (χ3v) is 3.72. The first kappa shape index (κ1) is 17.2. The average Bonchev–Trinajstić information content (AvgIpc) is 2.45. The molecule has 0 unspecified atom stereocenters. The lowest BCUT2D eigenvalue weighted by Crippen LogP contribution is -2.30. The number of rotatable bonds is 5. The molecular formula is C19H23FN2O. The van der Waals surface area contributed by atoms with Crippen molar-refractivity contribution in [2.24, 2.45) is 0 Å². The van der Waals surface area contributed by atoms with Crippen molar-refractivity contribution in [2.45, 2.75) is 27.3 Å². The summed E-state index contributed by atoms with van der Waals surface area (Å²) in [5, 5.41) is 2.99. The predicted octanol–water partition coefficient (Wildman–Crippen LogP) is 3.82. The highest BCUT2D eigenvalue weighted by atomic mass is 19.1. The molecule has 0 heterocycles. The van der Waals surface area contributed by atoms with E-state index in [0.29, 0.717) is 6.54 Å². The van der Waals surface area contributed by atoms with Crippen LogP contribution in [0.2, 0.25) is 0 Å². The molecule has 1 N–H and O–H groups in total. The number of amides is 1. The standard InChI is InChI=1S/C19H23FN2O/c1-13-9-14(2)19(15(3)10-13)21-18(23)12-22(4)11-16-5-7-17(20)8-6-16/h5-10H,11-12H2,1-4H3,(H,21,23). The molecule has 0 aliphatic rings. The van der Waals surface area contributed by atoms with Gasteiger partial charge >= 0.3 is 0 Å². The number of hydrogen-bond donors (Lipinski definition) is 1. The molecule has 0 aromatic heterocycles. The summed E-state index contributed by atoms with van der Waals surface area (Å²) in [7, 11) is 1.87. The number of benzene rings is 2. The van der Waals surface area contributed by atoms with Gasteiger partial charge in [0.15, 0.2) is 0 Å². The quantitative estimate of drug-likeness (QED) is 0.910. The van der Waals surface area contributed by atoms with Gasteiger partial charge in [0, 0.05) is 12.2 Å². The van der Waals surface area contributed by atoms with Crippen molar-refractivity contribution in [1.82, 2.24) is 4.90 Å². The Labute approximate surface area is 137 Å². The number of nitrogens with one attached hydrogen (secondary N) is 1. The summed E-state index contributed by atoms with van der Waals surface area (Å²) in [6, 6.07) is 10.5. The molecule has 0 atom stereocenters. The first-order chi connectivity index (χ1) is 10.8. The van der Waals surface area contributed by atoms with Gasteiger partial charge in [-0.2, -0.15) is 0 Å². The molecule has 1 amide bonds. The number of nitrogens with zero attached hydrogens (tertiary/aromatic N) is 1. The molecular weight excluding hydrogens is 291 g/mol. The topological polar surface area (TPSA) is 32.3 Å². The lowest BCUT2D eigenvalue weighted by Gasteiger charge is -2.18. The van der Waals surface area contributed by atoms with Crippen LogP contribution in [0.3, 0.4) is 0 Å². The van der Waals surface area contributed by atoms with Gasteiger partial charge in [0.1, 0.15) is 5.82 Å². The number of likely N-dealkylation sites (N-methyl/N-ethyl adjacent to an activating group) is 1. The minimum Gasteiger partial charge on any atom is -0.324 e. The normalized spacial score (nSPS) is 10.9. The maximum atomic E-state index is 12.9. The molecule has 0 spiro atoms. The van der Waals surface area contributed by atoms with Crippen LogP contribution < -0.4 is 5.32 Å². The van der Waals surface area contributed by atoms with E-state index in [1.807, 2.05) is 32.7 Å². The molecule has 23 heavy (non-hydrogen) atoms. The Morgan fingerprint density at radius 2 is 1.65 bits per heavy atom. The van der Waals surface area contributed by atoms with Crippen LogP contribution in [0.4, 0.5) is 10.1 Å². The fourth-order valence-electron chi connectivity index (χ4n) is 2.76. The van der Waals surface area contributed by atoms with Crippen LogP contribution in [0.1, 0.15) is 22.3 Å². The third kappa shape index (κ3) is 4.89. The second-order valence-corrected chi connectivity index (χ2v) is 6.12. The molecule has 0 aliphatic carbocycles. The van der Waals surface area contributed by atoms with Gasteiger partial charge in [-0.15, -0.1) is 0 Å². The average molecular weight is 314 g/mol. The van der Waals surface area contributed by atoms with E-state index in [2.05, 4.69) is 17.4 Å². The van der Waals surface area contributed by atoms with Crippen molar-refractivity contribution in [3.63, 3.8) is 0 Å². The molecule has 0 bridgehead atoms. The van der Waals surface area contributed by atoms with Crippen molar-refractivity contribution < 1.29 is 9.18 Å². The Morgan fingerprint density at radius 1 is 1.09 bits per heavy atom. The van der Waals surface area contributed by atoms with Gasteiger partial charge in [0.2, 0.25) is 5.91 Å². The van der Waals surface area contributed by atoms with E-state index in [4.69, 9.17) is 0 Å². The van der Waals surface area contributed by atoms with Crippen LogP contribution in [0.25, 0.3) is 0 Å². The molecule has 0 aliphatic heterocycles. The van der Waals surface area contributed by atoms with E-state index in [9.17, 15) is 9.18 Å². The highest BCUT2D eigenvalue weighted by molar-refractivity contribution is 5.93. The van der Waals surface area contributed by atoms with E-state index in [0.717, 1.165) is 22.4 Å². The monoisotopic (exact) mass is 314 g/mol. The number of halogens is 1. The number of hydrogen-bond acceptors (Lipinski definition) is 2. The molecule has 4 heteroatoms. The SMILES string of the molecule is Cc1cc(C)c(NC(=O)CN(C)Cc2ccc(F)cc2)c(C)c1. The lowest BCUT2D eigenvalue weighted by atomic mass is 10.1. The first-order valence-electron chi connectivity index (χ1n) is 7.66. The second kappa shape index (κ2) is 7.38. The fourth-order valence-corrected chi connectivity index (χ4v) is 2.76. The largest absolute Gasteiger partial charge is 0.324 e. The smallest absolute Gasteiger partial charge is 0.238 e. The summed E-state index contributed by atoms with van der Waals surface area (Å²) in [4.78, 5) is 14.1. The molecule has 2 rings (SSSR count). The summed E-state index contributed by atoms with van der Waals surface area (Å²) in [6.07, 6.45) is 0. The third-order valence-electron chi connectivity index (χ3n) is 3.72. The zero-order chi connectivity index (χ0) is 17.0. The summed E-state index contributed by atoms with van der Waals surface area (Å²) in [5.74, 6) is -0.302. The number of anilines is 1. The maximum absolute atomic E-state index is 12.9.